The molecule has 3 heteroatoms. The third kappa shape index (κ3) is 2.48. The Kier molecular flexibility index (Phi) is 3.35. The highest BCUT2D eigenvalue weighted by atomic mass is 16.5. The summed E-state index contributed by atoms with van der Waals surface area (Å²) in [5.74, 6) is 0.623. The summed E-state index contributed by atoms with van der Waals surface area (Å²) in [6.07, 6.45) is 3.25. The summed E-state index contributed by atoms with van der Waals surface area (Å²) in [5.41, 5.74) is -0.366. The maximum Gasteiger partial charge on any atom is 0.309 e. The van der Waals surface area contributed by atoms with E-state index in [1.165, 1.54) is 12.5 Å². The Hall–Kier alpha value is -2.03. The van der Waals surface area contributed by atoms with Crippen LogP contribution in [0.3, 0.4) is 0 Å². The average molecular weight is 270 g/mol. The second-order valence-electron chi connectivity index (χ2n) is 5.40. The summed E-state index contributed by atoms with van der Waals surface area (Å²) in [4.78, 5) is 11.5. The fourth-order valence-corrected chi connectivity index (χ4v) is 2.70. The first-order chi connectivity index (χ1) is 9.71. The van der Waals surface area contributed by atoms with Crippen molar-refractivity contribution in [3.63, 3.8) is 0 Å². The molecule has 0 atom stereocenters. The Morgan fingerprint density at radius 2 is 1.90 bits per heavy atom. The van der Waals surface area contributed by atoms with E-state index in [0.717, 1.165) is 30.4 Å². The van der Waals surface area contributed by atoms with Gasteiger partial charge < -0.3 is 9.47 Å². The highest BCUT2D eigenvalue weighted by Crippen LogP contribution is 2.40. The lowest BCUT2D eigenvalue weighted by atomic mass is 9.77. The van der Waals surface area contributed by atoms with E-state index in [1.54, 1.807) is 0 Å². The molecule has 0 radical (unpaired) electrons. The van der Waals surface area contributed by atoms with Crippen LogP contribution in [0.2, 0.25) is 0 Å². The Balaban J connectivity index is 1.82. The second-order valence-corrected chi connectivity index (χ2v) is 5.40. The summed E-state index contributed by atoms with van der Waals surface area (Å²) < 4.78 is 10.9. The fraction of sp³-hybridized carbons (Fsp3) is 0.353. The molecule has 20 heavy (non-hydrogen) atoms. The monoisotopic (exact) mass is 270 g/mol. The topological polar surface area (TPSA) is 35.5 Å². The predicted molar refractivity (Wildman–Crippen MR) is 77.8 cm³/mol. The van der Waals surface area contributed by atoms with Crippen molar-refractivity contribution in [1.82, 2.24) is 0 Å². The molecule has 2 aromatic rings. The molecule has 0 saturated heterocycles. The highest BCUT2D eigenvalue weighted by Gasteiger charge is 2.41. The SMILES string of the molecule is COC(=O)CC1(Oc2ccc3ccccc3c2)CCC1. The smallest absolute Gasteiger partial charge is 0.309 e. The number of hydrogen-bond acceptors (Lipinski definition) is 3. The minimum Gasteiger partial charge on any atom is -0.487 e. The van der Waals surface area contributed by atoms with Crippen molar-refractivity contribution in [2.45, 2.75) is 31.3 Å². The van der Waals surface area contributed by atoms with Gasteiger partial charge in [-0.1, -0.05) is 30.3 Å². The van der Waals surface area contributed by atoms with Crippen LogP contribution in [0, 0.1) is 0 Å². The number of carbonyl (C=O) groups excluding carboxylic acids is 1. The molecular formula is C17H18O3. The number of fused-ring (bicyclic) bond motifs is 1. The predicted octanol–water partition coefficient (Wildman–Crippen LogP) is 3.70. The van der Waals surface area contributed by atoms with E-state index in [1.807, 2.05) is 24.3 Å². The van der Waals surface area contributed by atoms with E-state index in [0.29, 0.717) is 6.42 Å². The van der Waals surface area contributed by atoms with E-state index in [-0.39, 0.29) is 11.6 Å². The Morgan fingerprint density at radius 1 is 1.15 bits per heavy atom. The maximum atomic E-state index is 11.5. The molecule has 0 spiro atoms. The molecule has 0 heterocycles. The van der Waals surface area contributed by atoms with Gasteiger partial charge >= 0.3 is 5.97 Å². The highest BCUT2D eigenvalue weighted by molar-refractivity contribution is 5.83. The van der Waals surface area contributed by atoms with Crippen molar-refractivity contribution < 1.29 is 14.3 Å². The molecule has 0 aliphatic heterocycles. The average Bonchev–Trinajstić information content (AvgIpc) is 2.44. The van der Waals surface area contributed by atoms with Gasteiger partial charge in [-0.25, -0.2) is 0 Å². The van der Waals surface area contributed by atoms with Crippen LogP contribution in [0.5, 0.6) is 5.75 Å². The quantitative estimate of drug-likeness (QED) is 0.795. The molecule has 0 aromatic heterocycles. The van der Waals surface area contributed by atoms with Crippen LogP contribution < -0.4 is 4.74 Å². The second kappa shape index (κ2) is 5.16. The lowest BCUT2D eigenvalue weighted by molar-refractivity contribution is -0.148. The summed E-state index contributed by atoms with van der Waals surface area (Å²) in [5, 5.41) is 2.34. The van der Waals surface area contributed by atoms with E-state index < -0.39 is 0 Å². The Morgan fingerprint density at radius 3 is 2.55 bits per heavy atom. The van der Waals surface area contributed by atoms with Crippen molar-refractivity contribution in [2.24, 2.45) is 0 Å². The Bertz CT molecular complexity index is 629. The van der Waals surface area contributed by atoms with Crippen molar-refractivity contribution >= 4 is 16.7 Å². The van der Waals surface area contributed by atoms with Gasteiger partial charge in [0.2, 0.25) is 0 Å². The lowest BCUT2D eigenvalue weighted by Crippen LogP contribution is -2.45. The largest absolute Gasteiger partial charge is 0.487 e. The molecule has 0 N–H and O–H groups in total. The van der Waals surface area contributed by atoms with Crippen LogP contribution in [0.4, 0.5) is 0 Å². The van der Waals surface area contributed by atoms with Gasteiger partial charge in [0.1, 0.15) is 11.4 Å². The molecule has 1 aliphatic carbocycles. The van der Waals surface area contributed by atoms with E-state index in [4.69, 9.17) is 9.47 Å². The molecule has 1 saturated carbocycles. The molecule has 0 unspecified atom stereocenters. The molecule has 104 valence electrons. The molecule has 1 aliphatic rings. The fourth-order valence-electron chi connectivity index (χ4n) is 2.70. The molecule has 0 amide bonds. The zero-order chi connectivity index (χ0) is 14.0. The summed E-state index contributed by atoms with van der Waals surface area (Å²) in [6.45, 7) is 0. The summed E-state index contributed by atoms with van der Waals surface area (Å²) >= 11 is 0. The van der Waals surface area contributed by atoms with Crippen molar-refractivity contribution in [3.8, 4) is 5.75 Å². The molecule has 3 nitrogen and oxygen atoms in total. The van der Waals surface area contributed by atoms with E-state index in [9.17, 15) is 4.79 Å². The normalized spacial score (nSPS) is 16.4. The molecule has 3 rings (SSSR count). The minimum atomic E-state index is -0.366. The molecule has 0 bridgehead atoms. The number of ether oxygens (including phenoxy) is 2. The van der Waals surface area contributed by atoms with Gasteiger partial charge in [0, 0.05) is 0 Å². The zero-order valence-electron chi connectivity index (χ0n) is 11.6. The number of methoxy groups -OCH3 is 1. The minimum absolute atomic E-state index is 0.203. The summed E-state index contributed by atoms with van der Waals surface area (Å²) in [6, 6.07) is 14.2. The molecule has 2 aromatic carbocycles. The number of carbonyl (C=O) groups is 1. The zero-order valence-corrected chi connectivity index (χ0v) is 11.6. The molecule has 1 fully saturated rings. The number of benzene rings is 2. The number of esters is 1. The van der Waals surface area contributed by atoms with Crippen LogP contribution in [0.1, 0.15) is 25.7 Å². The van der Waals surface area contributed by atoms with Gasteiger partial charge in [0.05, 0.1) is 13.5 Å². The lowest BCUT2D eigenvalue weighted by Gasteiger charge is -2.41. The van der Waals surface area contributed by atoms with Gasteiger partial charge in [-0.15, -0.1) is 0 Å². The van der Waals surface area contributed by atoms with Crippen LogP contribution in [0.15, 0.2) is 42.5 Å². The van der Waals surface area contributed by atoms with Gasteiger partial charge in [-0.2, -0.15) is 0 Å². The number of rotatable bonds is 4. The standard InChI is InChI=1S/C17H18O3/c1-19-16(18)12-17(9-4-10-17)20-15-8-7-13-5-2-3-6-14(13)11-15/h2-3,5-8,11H,4,9-10,12H2,1H3. The third-order valence-electron chi connectivity index (χ3n) is 4.01. The van der Waals surface area contributed by atoms with Crippen LogP contribution in [-0.4, -0.2) is 18.7 Å². The summed E-state index contributed by atoms with van der Waals surface area (Å²) in [7, 11) is 1.42. The van der Waals surface area contributed by atoms with Gasteiger partial charge in [-0.05, 0) is 42.2 Å². The van der Waals surface area contributed by atoms with Crippen LogP contribution >= 0.6 is 0 Å². The first-order valence-electron chi connectivity index (χ1n) is 6.95. The van der Waals surface area contributed by atoms with Gasteiger partial charge in [0.15, 0.2) is 0 Å². The van der Waals surface area contributed by atoms with Crippen LogP contribution in [0.25, 0.3) is 10.8 Å². The van der Waals surface area contributed by atoms with E-state index >= 15 is 0 Å². The van der Waals surface area contributed by atoms with Crippen LogP contribution in [-0.2, 0) is 9.53 Å². The van der Waals surface area contributed by atoms with Gasteiger partial charge in [-0.3, -0.25) is 4.79 Å². The van der Waals surface area contributed by atoms with Gasteiger partial charge in [0.25, 0.3) is 0 Å². The van der Waals surface area contributed by atoms with Crippen molar-refractivity contribution in [3.05, 3.63) is 42.5 Å². The third-order valence-corrected chi connectivity index (χ3v) is 4.01. The van der Waals surface area contributed by atoms with Crippen molar-refractivity contribution in [2.75, 3.05) is 7.11 Å². The maximum absolute atomic E-state index is 11.5. The first kappa shape index (κ1) is 13.0. The molecular weight excluding hydrogens is 252 g/mol. The number of hydrogen-bond donors (Lipinski definition) is 0. The Labute approximate surface area is 118 Å². The van der Waals surface area contributed by atoms with Crippen molar-refractivity contribution in [1.29, 1.82) is 0 Å². The first-order valence-corrected chi connectivity index (χ1v) is 6.95. The van der Waals surface area contributed by atoms with E-state index in [2.05, 4.69) is 18.2 Å².